The minimum Gasteiger partial charge on any atom is -0.439 e. The Morgan fingerprint density at radius 1 is 1.09 bits per heavy atom. The molecule has 0 unspecified atom stereocenters. The summed E-state index contributed by atoms with van der Waals surface area (Å²) in [6.07, 6.45) is 2.41. The monoisotopic (exact) mass is 451 g/mol. The number of β-amino-alcohol motifs (C(OH)–C–C–N with tert-alkyl or cyclic N) is 1. The van der Waals surface area contributed by atoms with Gasteiger partial charge in [0.05, 0.1) is 18.5 Å². The molecular formula is C22H21N5O6. The quantitative estimate of drug-likeness (QED) is 0.559. The van der Waals surface area contributed by atoms with Gasteiger partial charge in [0.2, 0.25) is 5.88 Å². The van der Waals surface area contributed by atoms with Gasteiger partial charge in [-0.05, 0) is 42.7 Å². The van der Waals surface area contributed by atoms with E-state index in [9.17, 15) is 19.2 Å². The Morgan fingerprint density at radius 3 is 2.58 bits per heavy atom. The van der Waals surface area contributed by atoms with Gasteiger partial charge < -0.3 is 19.6 Å². The summed E-state index contributed by atoms with van der Waals surface area (Å²) >= 11 is 0. The number of anilines is 1. The van der Waals surface area contributed by atoms with Crippen LogP contribution in [-0.4, -0.2) is 64.0 Å². The van der Waals surface area contributed by atoms with Gasteiger partial charge in [-0.1, -0.05) is 0 Å². The highest BCUT2D eigenvalue weighted by atomic mass is 16.5. The molecule has 0 atom stereocenters. The molecule has 0 bridgehead atoms. The molecule has 2 fully saturated rings. The van der Waals surface area contributed by atoms with Crippen molar-refractivity contribution < 1.29 is 29.0 Å². The first-order valence-electron chi connectivity index (χ1n) is 10.5. The van der Waals surface area contributed by atoms with Gasteiger partial charge in [0, 0.05) is 31.3 Å². The molecule has 0 saturated carbocycles. The molecule has 1 aromatic carbocycles. The number of carbonyl (C=O) groups excluding carboxylic acids is 4. The lowest BCUT2D eigenvalue weighted by molar-refractivity contribution is -0.137. The van der Waals surface area contributed by atoms with Gasteiger partial charge in [-0.25, -0.2) is 9.78 Å². The highest BCUT2D eigenvalue weighted by Crippen LogP contribution is 2.36. The highest BCUT2D eigenvalue weighted by Gasteiger charge is 2.57. The summed E-state index contributed by atoms with van der Waals surface area (Å²) in [5.74, 6) is -0.592. The first kappa shape index (κ1) is 20.9. The number of aromatic nitrogens is 1. The van der Waals surface area contributed by atoms with Crippen molar-refractivity contribution in [2.45, 2.75) is 24.9 Å². The van der Waals surface area contributed by atoms with E-state index in [-0.39, 0.29) is 25.5 Å². The molecule has 5 rings (SSSR count). The van der Waals surface area contributed by atoms with Crippen LogP contribution < -0.4 is 20.3 Å². The lowest BCUT2D eigenvalue weighted by Gasteiger charge is -2.38. The number of pyridine rings is 1. The van der Waals surface area contributed by atoms with Crippen LogP contribution in [0.2, 0.25) is 0 Å². The topological polar surface area (TPSA) is 141 Å². The number of amides is 5. The molecule has 3 aliphatic rings. The van der Waals surface area contributed by atoms with Crippen molar-refractivity contribution in [1.29, 1.82) is 0 Å². The van der Waals surface area contributed by atoms with Gasteiger partial charge in [-0.2, -0.15) is 0 Å². The maximum atomic E-state index is 12.6. The fourth-order valence-electron chi connectivity index (χ4n) is 4.62. The SMILES string of the molecule is O=C1NC(=O)C2(CCCN2c2ccc(Oc3ccc4c(c3)CN(CCO)C4=O)nc2)C(=O)N1. The van der Waals surface area contributed by atoms with Gasteiger partial charge in [0.1, 0.15) is 5.75 Å². The van der Waals surface area contributed by atoms with Crippen molar-refractivity contribution in [2.24, 2.45) is 0 Å². The number of barbiturate groups is 1. The Morgan fingerprint density at radius 2 is 1.88 bits per heavy atom. The lowest BCUT2D eigenvalue weighted by atomic mass is 9.92. The smallest absolute Gasteiger partial charge is 0.328 e. The third-order valence-corrected chi connectivity index (χ3v) is 6.17. The number of urea groups is 1. The van der Waals surface area contributed by atoms with Crippen molar-refractivity contribution in [3.8, 4) is 11.6 Å². The summed E-state index contributed by atoms with van der Waals surface area (Å²) < 4.78 is 5.83. The normalized spacial score (nSPS) is 19.1. The molecule has 170 valence electrons. The van der Waals surface area contributed by atoms with E-state index in [1.807, 2.05) is 0 Å². The van der Waals surface area contributed by atoms with E-state index in [4.69, 9.17) is 9.84 Å². The molecule has 0 radical (unpaired) electrons. The number of ether oxygens (including phenoxy) is 1. The Labute approximate surface area is 188 Å². The molecule has 33 heavy (non-hydrogen) atoms. The summed E-state index contributed by atoms with van der Waals surface area (Å²) in [5.41, 5.74) is 0.468. The summed E-state index contributed by atoms with van der Waals surface area (Å²) in [6.45, 7) is 1.04. The van der Waals surface area contributed by atoms with E-state index in [0.717, 1.165) is 5.56 Å². The molecule has 2 aromatic rings. The van der Waals surface area contributed by atoms with Crippen molar-refractivity contribution in [3.05, 3.63) is 47.7 Å². The molecule has 3 aliphatic heterocycles. The second kappa shape index (κ2) is 7.85. The van der Waals surface area contributed by atoms with Crippen LogP contribution in [0.4, 0.5) is 10.5 Å². The Kier molecular flexibility index (Phi) is 4.97. The van der Waals surface area contributed by atoms with Gasteiger partial charge in [0.25, 0.3) is 17.7 Å². The molecule has 1 spiro atoms. The first-order valence-corrected chi connectivity index (χ1v) is 10.5. The van der Waals surface area contributed by atoms with E-state index >= 15 is 0 Å². The number of rotatable bonds is 5. The third-order valence-electron chi connectivity index (χ3n) is 6.17. The van der Waals surface area contributed by atoms with E-state index in [1.54, 1.807) is 40.1 Å². The molecule has 4 heterocycles. The maximum absolute atomic E-state index is 12.6. The molecule has 5 amide bonds. The lowest BCUT2D eigenvalue weighted by Crippen LogP contribution is -2.71. The first-order chi connectivity index (χ1) is 15.9. The molecule has 11 heteroatoms. The zero-order valence-electron chi connectivity index (χ0n) is 17.5. The van der Waals surface area contributed by atoms with Crippen LogP contribution in [-0.2, 0) is 16.1 Å². The third kappa shape index (κ3) is 3.37. The minimum absolute atomic E-state index is 0.0999. The standard InChI is InChI=1S/C22H21N5O6/c28-9-8-26-12-13-10-15(3-4-16(13)18(26)29)33-17-5-2-14(11-23-17)27-7-1-6-22(27)19(30)24-21(32)25-20(22)31/h2-5,10-11,28H,1,6-9,12H2,(H2,24,25,30,31,32). The second-order valence-corrected chi connectivity index (χ2v) is 8.08. The predicted octanol–water partition coefficient (Wildman–Crippen LogP) is 0.527. The second-order valence-electron chi connectivity index (χ2n) is 8.08. The van der Waals surface area contributed by atoms with Crippen molar-refractivity contribution in [1.82, 2.24) is 20.5 Å². The summed E-state index contributed by atoms with van der Waals surface area (Å²) in [4.78, 5) is 56.5. The van der Waals surface area contributed by atoms with E-state index in [2.05, 4.69) is 15.6 Å². The largest absolute Gasteiger partial charge is 0.439 e. The summed E-state index contributed by atoms with van der Waals surface area (Å²) in [6, 6.07) is 7.64. The number of imide groups is 2. The molecule has 0 aliphatic carbocycles. The average molecular weight is 451 g/mol. The van der Waals surface area contributed by atoms with Crippen molar-refractivity contribution >= 4 is 29.4 Å². The van der Waals surface area contributed by atoms with Gasteiger partial charge in [-0.15, -0.1) is 0 Å². The van der Waals surface area contributed by atoms with Crippen LogP contribution in [0, 0.1) is 0 Å². The number of fused-ring (bicyclic) bond motifs is 1. The summed E-state index contributed by atoms with van der Waals surface area (Å²) in [5, 5.41) is 13.5. The molecule has 1 aromatic heterocycles. The molecular weight excluding hydrogens is 430 g/mol. The summed E-state index contributed by atoms with van der Waals surface area (Å²) in [7, 11) is 0. The van der Waals surface area contributed by atoms with E-state index in [1.165, 1.54) is 6.20 Å². The number of nitrogens with zero attached hydrogens (tertiary/aromatic N) is 3. The van der Waals surface area contributed by atoms with Gasteiger partial charge in [0.15, 0.2) is 5.54 Å². The Hall–Kier alpha value is -3.99. The van der Waals surface area contributed by atoms with E-state index < -0.39 is 23.4 Å². The van der Waals surface area contributed by atoms with E-state index in [0.29, 0.717) is 42.4 Å². The number of benzene rings is 1. The van der Waals surface area contributed by atoms with Crippen LogP contribution >= 0.6 is 0 Å². The minimum atomic E-state index is -1.48. The zero-order valence-corrected chi connectivity index (χ0v) is 17.5. The van der Waals surface area contributed by atoms with Crippen LogP contribution in [0.25, 0.3) is 0 Å². The number of carbonyl (C=O) groups is 4. The van der Waals surface area contributed by atoms with Crippen LogP contribution in [0.5, 0.6) is 11.6 Å². The number of aliphatic hydroxyl groups excluding tert-OH is 1. The number of hydrogen-bond acceptors (Lipinski definition) is 8. The van der Waals surface area contributed by atoms with Gasteiger partial charge in [-0.3, -0.25) is 25.0 Å². The molecule has 11 nitrogen and oxygen atoms in total. The van der Waals surface area contributed by atoms with Gasteiger partial charge >= 0.3 is 6.03 Å². The highest BCUT2D eigenvalue weighted by molar-refractivity contribution is 6.24. The fraction of sp³-hybridized carbons (Fsp3) is 0.318. The van der Waals surface area contributed by atoms with Crippen molar-refractivity contribution in [2.75, 3.05) is 24.6 Å². The predicted molar refractivity (Wildman–Crippen MR) is 114 cm³/mol. The molecule has 3 N–H and O–H groups in total. The zero-order chi connectivity index (χ0) is 23.2. The average Bonchev–Trinajstić information content (AvgIpc) is 3.36. The Bertz CT molecular complexity index is 1140. The maximum Gasteiger partial charge on any atom is 0.328 e. The van der Waals surface area contributed by atoms with Crippen molar-refractivity contribution in [3.63, 3.8) is 0 Å². The van der Waals surface area contributed by atoms with Crippen LogP contribution in [0.1, 0.15) is 28.8 Å². The number of nitrogens with one attached hydrogen (secondary N) is 2. The number of hydrogen-bond donors (Lipinski definition) is 3. The van der Waals surface area contributed by atoms with Crippen LogP contribution in [0.3, 0.4) is 0 Å². The molecule has 2 saturated heterocycles. The number of aliphatic hydroxyl groups is 1. The fourth-order valence-corrected chi connectivity index (χ4v) is 4.62. The van der Waals surface area contributed by atoms with Crippen LogP contribution in [0.15, 0.2) is 36.5 Å². The Balaban J connectivity index is 1.34.